The van der Waals surface area contributed by atoms with Crippen LogP contribution in [0.3, 0.4) is 0 Å². The summed E-state index contributed by atoms with van der Waals surface area (Å²) in [4.78, 5) is 17.9. The molecule has 1 N–H and O–H groups in total. The molecule has 2 aliphatic rings. The van der Waals surface area contributed by atoms with Gasteiger partial charge in [0.1, 0.15) is 6.54 Å². The van der Waals surface area contributed by atoms with E-state index in [4.69, 9.17) is 0 Å². The highest BCUT2D eigenvalue weighted by molar-refractivity contribution is 6.05. The Morgan fingerprint density at radius 1 is 1.50 bits per heavy atom. The van der Waals surface area contributed by atoms with Crippen LogP contribution in [0.2, 0.25) is 0 Å². The third kappa shape index (κ3) is 1.61. The van der Waals surface area contributed by atoms with E-state index in [1.54, 1.807) is 0 Å². The fraction of sp³-hybridized carbons (Fsp3) is 0.286. The van der Waals surface area contributed by atoms with Gasteiger partial charge in [0.2, 0.25) is 11.9 Å². The van der Waals surface area contributed by atoms with Crippen molar-refractivity contribution in [3.05, 3.63) is 41.5 Å². The first-order valence-corrected chi connectivity index (χ1v) is 6.05. The number of nitrogens with zero attached hydrogens (tertiary/aromatic N) is 2. The van der Waals surface area contributed by atoms with Gasteiger partial charge in [-0.1, -0.05) is 12.1 Å². The topological polar surface area (TPSA) is 44.7 Å². The molecular weight excluding hydrogens is 226 g/mol. The van der Waals surface area contributed by atoms with Crippen LogP contribution in [-0.4, -0.2) is 23.3 Å². The third-order valence-corrected chi connectivity index (χ3v) is 3.51. The average molecular weight is 241 g/mol. The van der Waals surface area contributed by atoms with Crippen molar-refractivity contribution in [2.75, 3.05) is 6.54 Å². The molecule has 0 unspecified atom stereocenters. The lowest BCUT2D eigenvalue weighted by molar-refractivity contribution is -0.118. The van der Waals surface area contributed by atoms with Crippen molar-refractivity contribution in [3.8, 4) is 0 Å². The summed E-state index contributed by atoms with van der Waals surface area (Å²) >= 11 is 0. The molecule has 3 rings (SSSR count). The number of carbonyl (C=O) groups excluding carboxylic acids is 1. The Morgan fingerprint density at radius 2 is 2.33 bits per heavy atom. The molecule has 0 aliphatic carbocycles. The molecule has 1 saturated heterocycles. The molecule has 0 spiro atoms. The normalized spacial score (nSPS) is 16.8. The minimum absolute atomic E-state index is 0.0190. The molecule has 1 amide bonds. The summed E-state index contributed by atoms with van der Waals surface area (Å²) in [5.41, 5.74) is 4.72. The van der Waals surface area contributed by atoms with Gasteiger partial charge >= 0.3 is 0 Å². The second-order valence-corrected chi connectivity index (χ2v) is 4.68. The molecule has 18 heavy (non-hydrogen) atoms. The Morgan fingerprint density at radius 3 is 3.11 bits per heavy atom. The first-order valence-electron chi connectivity index (χ1n) is 6.05. The van der Waals surface area contributed by atoms with Crippen LogP contribution in [0.4, 0.5) is 5.69 Å². The minimum atomic E-state index is 0.0190. The van der Waals surface area contributed by atoms with Gasteiger partial charge in [0, 0.05) is 12.1 Å². The number of carbonyl (C=O) groups is 1. The summed E-state index contributed by atoms with van der Waals surface area (Å²) in [7, 11) is 0. The van der Waals surface area contributed by atoms with E-state index in [-0.39, 0.29) is 5.91 Å². The largest absolute Gasteiger partial charge is 0.329 e. The van der Waals surface area contributed by atoms with Crippen molar-refractivity contribution < 1.29 is 4.79 Å². The summed E-state index contributed by atoms with van der Waals surface area (Å²) in [6.07, 6.45) is 2.78. The monoisotopic (exact) mass is 241 g/mol. The van der Waals surface area contributed by atoms with Gasteiger partial charge in [-0.25, -0.2) is 4.99 Å². The lowest BCUT2D eigenvalue weighted by atomic mass is 9.97. The maximum Gasteiger partial charge on any atom is 0.246 e. The number of benzene rings is 1. The number of hydrogen-bond donors (Lipinski definition) is 1. The van der Waals surface area contributed by atoms with Crippen LogP contribution >= 0.6 is 0 Å². The first kappa shape index (κ1) is 11.0. The van der Waals surface area contributed by atoms with Crippen molar-refractivity contribution >= 4 is 17.6 Å². The van der Waals surface area contributed by atoms with E-state index in [9.17, 15) is 4.79 Å². The Kier molecular flexibility index (Phi) is 2.44. The molecular formula is C14H15N3O. The average Bonchev–Trinajstić information content (AvgIpc) is 2.70. The molecule has 2 aliphatic heterocycles. The van der Waals surface area contributed by atoms with Gasteiger partial charge in [0.05, 0.1) is 5.69 Å². The molecule has 4 nitrogen and oxygen atoms in total. The summed E-state index contributed by atoms with van der Waals surface area (Å²) in [5, 5.41) is 2.78. The van der Waals surface area contributed by atoms with Crippen molar-refractivity contribution in [3.63, 3.8) is 0 Å². The molecule has 2 heterocycles. The predicted octanol–water partition coefficient (Wildman–Crippen LogP) is 1.66. The lowest BCUT2D eigenvalue weighted by Crippen LogP contribution is -2.32. The Labute approximate surface area is 106 Å². The molecule has 0 aromatic heterocycles. The number of fused-ring (bicyclic) bond motifs is 2. The SMILES string of the molecule is C=CCc1ccc2c(c1C)CN1CC(=O)NC1=N2. The zero-order valence-corrected chi connectivity index (χ0v) is 10.4. The van der Waals surface area contributed by atoms with Gasteiger partial charge in [-0.3, -0.25) is 10.1 Å². The zero-order valence-electron chi connectivity index (χ0n) is 10.4. The number of hydrogen-bond acceptors (Lipinski definition) is 3. The van der Waals surface area contributed by atoms with Crippen molar-refractivity contribution in [2.45, 2.75) is 19.9 Å². The molecule has 1 aromatic rings. The van der Waals surface area contributed by atoms with E-state index in [0.29, 0.717) is 12.5 Å². The number of aliphatic imine (C=N–C) groups is 1. The summed E-state index contributed by atoms with van der Waals surface area (Å²) in [5.74, 6) is 0.703. The summed E-state index contributed by atoms with van der Waals surface area (Å²) in [6, 6.07) is 4.11. The quantitative estimate of drug-likeness (QED) is 0.800. The Balaban J connectivity index is 2.05. The van der Waals surface area contributed by atoms with E-state index < -0.39 is 0 Å². The van der Waals surface area contributed by atoms with Gasteiger partial charge in [-0.15, -0.1) is 6.58 Å². The molecule has 1 aromatic carbocycles. The van der Waals surface area contributed by atoms with Gasteiger partial charge in [-0.05, 0) is 30.5 Å². The van der Waals surface area contributed by atoms with Crippen LogP contribution in [0.5, 0.6) is 0 Å². The predicted molar refractivity (Wildman–Crippen MR) is 70.7 cm³/mol. The van der Waals surface area contributed by atoms with E-state index in [2.05, 4.69) is 29.9 Å². The zero-order chi connectivity index (χ0) is 12.7. The second kappa shape index (κ2) is 3.98. The number of rotatable bonds is 2. The van der Waals surface area contributed by atoms with Crippen LogP contribution in [0, 0.1) is 6.92 Å². The second-order valence-electron chi connectivity index (χ2n) is 4.68. The molecule has 0 atom stereocenters. The maximum absolute atomic E-state index is 11.4. The van der Waals surface area contributed by atoms with Crippen molar-refractivity contribution in [2.24, 2.45) is 4.99 Å². The Bertz CT molecular complexity index is 575. The standard InChI is InChI=1S/C14H15N3O/c1-3-4-10-5-6-12-11(9(10)2)7-17-8-13(18)16-14(17)15-12/h3,5-6H,1,4,7-8H2,2H3,(H,15,16,18). The van der Waals surface area contributed by atoms with Gasteiger partial charge in [0.15, 0.2) is 0 Å². The maximum atomic E-state index is 11.4. The van der Waals surface area contributed by atoms with Crippen LogP contribution in [-0.2, 0) is 17.8 Å². The van der Waals surface area contributed by atoms with Crippen molar-refractivity contribution in [1.29, 1.82) is 0 Å². The summed E-state index contributed by atoms with van der Waals surface area (Å²) in [6.45, 7) is 7.05. The number of nitrogens with one attached hydrogen (secondary N) is 1. The fourth-order valence-corrected chi connectivity index (χ4v) is 2.50. The van der Waals surface area contributed by atoms with Gasteiger partial charge in [-0.2, -0.15) is 0 Å². The van der Waals surface area contributed by atoms with Crippen LogP contribution in [0.25, 0.3) is 0 Å². The molecule has 92 valence electrons. The molecule has 0 radical (unpaired) electrons. The highest BCUT2D eigenvalue weighted by Gasteiger charge is 2.29. The van der Waals surface area contributed by atoms with E-state index in [1.807, 2.05) is 17.0 Å². The van der Waals surface area contributed by atoms with Gasteiger partial charge < -0.3 is 4.90 Å². The lowest BCUT2D eigenvalue weighted by Gasteiger charge is -2.25. The summed E-state index contributed by atoms with van der Waals surface area (Å²) < 4.78 is 0. The fourth-order valence-electron chi connectivity index (χ4n) is 2.50. The Hall–Kier alpha value is -2.10. The number of amides is 1. The van der Waals surface area contributed by atoms with E-state index >= 15 is 0 Å². The first-order chi connectivity index (χ1) is 8.69. The van der Waals surface area contributed by atoms with Crippen LogP contribution in [0.1, 0.15) is 16.7 Å². The number of guanidine groups is 1. The van der Waals surface area contributed by atoms with Crippen molar-refractivity contribution in [1.82, 2.24) is 10.2 Å². The van der Waals surface area contributed by atoms with Crippen LogP contribution in [0.15, 0.2) is 29.8 Å². The smallest absolute Gasteiger partial charge is 0.246 e. The van der Waals surface area contributed by atoms with E-state index in [0.717, 1.165) is 18.7 Å². The minimum Gasteiger partial charge on any atom is -0.329 e. The highest BCUT2D eigenvalue weighted by atomic mass is 16.2. The molecule has 0 saturated carbocycles. The molecule has 0 bridgehead atoms. The highest BCUT2D eigenvalue weighted by Crippen LogP contribution is 2.31. The molecule has 4 heteroatoms. The van der Waals surface area contributed by atoms with Gasteiger partial charge in [0.25, 0.3) is 0 Å². The van der Waals surface area contributed by atoms with E-state index in [1.165, 1.54) is 16.7 Å². The molecule has 1 fully saturated rings. The third-order valence-electron chi connectivity index (χ3n) is 3.51. The van der Waals surface area contributed by atoms with Crippen LogP contribution < -0.4 is 5.32 Å². The number of allylic oxidation sites excluding steroid dienone is 1.